The van der Waals surface area contributed by atoms with E-state index < -0.39 is 0 Å². The molecule has 0 amide bonds. The largest absolute Gasteiger partial charge is 0.303 e. The summed E-state index contributed by atoms with van der Waals surface area (Å²) in [7, 11) is 2.22. The molecule has 0 radical (unpaired) electrons. The smallest absolute Gasteiger partial charge is 0.0162 e. The van der Waals surface area contributed by atoms with Gasteiger partial charge in [0.15, 0.2) is 0 Å². The fraction of sp³-hybridized carbons (Fsp3) is 0.765. The third kappa shape index (κ3) is 11.9. The second-order valence-corrected chi connectivity index (χ2v) is 6.17. The normalized spacial score (nSPS) is 12.3. The molecule has 0 fully saturated rings. The predicted molar refractivity (Wildman–Crippen MR) is 84.0 cm³/mol. The summed E-state index contributed by atoms with van der Waals surface area (Å²) in [6.07, 6.45) is 9.75. The van der Waals surface area contributed by atoms with E-state index >= 15 is 0 Å². The Bertz CT molecular complexity index is 257. The Labute approximate surface area is 115 Å². The molecule has 0 heterocycles. The molecule has 0 rings (SSSR count). The van der Waals surface area contributed by atoms with Gasteiger partial charge in [-0.05, 0) is 66.0 Å². The van der Waals surface area contributed by atoms with E-state index in [-0.39, 0.29) is 0 Å². The molecule has 0 spiro atoms. The first kappa shape index (κ1) is 17.4. The van der Waals surface area contributed by atoms with Crippen LogP contribution in [-0.2, 0) is 0 Å². The van der Waals surface area contributed by atoms with Gasteiger partial charge in [-0.2, -0.15) is 0 Å². The maximum absolute atomic E-state index is 2.42. The zero-order valence-corrected chi connectivity index (χ0v) is 13.4. The van der Waals surface area contributed by atoms with E-state index in [0.29, 0.717) is 0 Å². The molecule has 0 N–H and O–H groups in total. The van der Waals surface area contributed by atoms with Crippen molar-refractivity contribution in [1.29, 1.82) is 0 Å². The molecule has 0 aromatic rings. The van der Waals surface area contributed by atoms with Crippen LogP contribution in [0.3, 0.4) is 0 Å². The lowest BCUT2D eigenvalue weighted by Gasteiger charge is -2.15. The van der Waals surface area contributed by atoms with Crippen molar-refractivity contribution in [2.75, 3.05) is 20.1 Å². The Morgan fingerprint density at radius 2 is 1.78 bits per heavy atom. The van der Waals surface area contributed by atoms with Gasteiger partial charge in [0.05, 0.1) is 0 Å². The minimum Gasteiger partial charge on any atom is -0.303 e. The van der Waals surface area contributed by atoms with E-state index in [1.165, 1.54) is 43.4 Å². The summed E-state index contributed by atoms with van der Waals surface area (Å²) in [5.41, 5.74) is 2.94. The highest BCUT2D eigenvalue weighted by Gasteiger charge is 1.98. The minimum atomic E-state index is 0.833. The van der Waals surface area contributed by atoms with Crippen LogP contribution in [0.2, 0.25) is 0 Å². The lowest BCUT2D eigenvalue weighted by atomic mass is 10.1. The van der Waals surface area contributed by atoms with Crippen LogP contribution in [0.5, 0.6) is 0 Å². The summed E-state index contributed by atoms with van der Waals surface area (Å²) in [5, 5.41) is 0. The predicted octanol–water partition coefficient (Wildman–Crippen LogP) is 5.05. The molecular formula is C17H33N. The number of allylic oxidation sites excluding steroid dienone is 3. The van der Waals surface area contributed by atoms with Gasteiger partial charge in [-0.25, -0.2) is 0 Å². The summed E-state index contributed by atoms with van der Waals surface area (Å²) in [6.45, 7) is 13.5. The number of hydrogen-bond acceptors (Lipinski definition) is 1. The van der Waals surface area contributed by atoms with Gasteiger partial charge < -0.3 is 4.90 Å². The summed E-state index contributed by atoms with van der Waals surface area (Å²) < 4.78 is 0. The quantitative estimate of drug-likeness (QED) is 0.518. The number of hydrogen-bond donors (Lipinski definition) is 0. The molecule has 0 saturated carbocycles. The molecule has 1 nitrogen and oxygen atoms in total. The van der Waals surface area contributed by atoms with Crippen molar-refractivity contribution >= 4 is 0 Å². The van der Waals surface area contributed by atoms with Crippen molar-refractivity contribution < 1.29 is 0 Å². The van der Waals surface area contributed by atoms with E-state index in [1.54, 1.807) is 0 Å². The number of rotatable bonds is 9. The van der Waals surface area contributed by atoms with E-state index in [0.717, 1.165) is 12.5 Å². The first-order valence-corrected chi connectivity index (χ1v) is 7.39. The molecule has 18 heavy (non-hydrogen) atoms. The monoisotopic (exact) mass is 251 g/mol. The molecule has 1 heteroatoms. The third-order valence-corrected chi connectivity index (χ3v) is 3.16. The fourth-order valence-corrected chi connectivity index (χ4v) is 1.86. The standard InChI is InChI=1S/C17H33N/c1-15(2)9-7-11-17(5)12-14-18(6)13-8-10-16(3)4/h9,12,16H,7-8,10-11,13-14H2,1-6H3/b17-12+. The zero-order chi connectivity index (χ0) is 14.0. The van der Waals surface area contributed by atoms with Crippen molar-refractivity contribution in [3.63, 3.8) is 0 Å². The molecule has 0 aromatic heterocycles. The van der Waals surface area contributed by atoms with Gasteiger partial charge in [0.2, 0.25) is 0 Å². The van der Waals surface area contributed by atoms with E-state index in [9.17, 15) is 0 Å². The topological polar surface area (TPSA) is 3.24 Å². The molecule has 0 saturated heterocycles. The minimum absolute atomic E-state index is 0.833. The summed E-state index contributed by atoms with van der Waals surface area (Å²) in [5.74, 6) is 0.833. The van der Waals surface area contributed by atoms with Crippen LogP contribution in [0.4, 0.5) is 0 Å². The second kappa shape index (κ2) is 10.4. The highest BCUT2D eigenvalue weighted by molar-refractivity contribution is 5.02. The first-order valence-electron chi connectivity index (χ1n) is 7.39. The van der Waals surface area contributed by atoms with Gasteiger partial charge in [0, 0.05) is 6.54 Å². The van der Waals surface area contributed by atoms with Crippen LogP contribution in [-0.4, -0.2) is 25.0 Å². The Balaban J connectivity index is 3.73. The van der Waals surface area contributed by atoms with Crippen LogP contribution in [0.1, 0.15) is 60.3 Å². The summed E-state index contributed by atoms with van der Waals surface area (Å²) >= 11 is 0. The van der Waals surface area contributed by atoms with Crippen molar-refractivity contribution in [1.82, 2.24) is 4.90 Å². The van der Waals surface area contributed by atoms with Crippen molar-refractivity contribution in [3.05, 3.63) is 23.3 Å². The SMILES string of the molecule is CC(C)=CCC/C(C)=C/CN(C)CCCC(C)C. The fourth-order valence-electron chi connectivity index (χ4n) is 1.86. The number of likely N-dealkylation sites (N-methyl/N-ethyl adjacent to an activating group) is 1. The van der Waals surface area contributed by atoms with Crippen molar-refractivity contribution in [2.45, 2.75) is 60.3 Å². The molecule has 0 aliphatic carbocycles. The molecule has 0 bridgehead atoms. The molecule has 0 atom stereocenters. The summed E-state index contributed by atoms with van der Waals surface area (Å²) in [4.78, 5) is 2.42. The van der Waals surface area contributed by atoms with Crippen LogP contribution < -0.4 is 0 Å². The van der Waals surface area contributed by atoms with Gasteiger partial charge in [0.25, 0.3) is 0 Å². The van der Waals surface area contributed by atoms with Crippen molar-refractivity contribution in [3.8, 4) is 0 Å². The molecule has 0 unspecified atom stereocenters. The maximum atomic E-state index is 2.42. The average Bonchev–Trinajstić information content (AvgIpc) is 2.25. The highest BCUT2D eigenvalue weighted by atomic mass is 15.1. The highest BCUT2D eigenvalue weighted by Crippen LogP contribution is 2.07. The molecule has 0 aromatic carbocycles. The lowest BCUT2D eigenvalue weighted by Crippen LogP contribution is -2.20. The van der Waals surface area contributed by atoms with E-state index in [1.807, 2.05) is 0 Å². The number of nitrogens with zero attached hydrogens (tertiary/aromatic N) is 1. The van der Waals surface area contributed by atoms with Crippen LogP contribution >= 0.6 is 0 Å². The van der Waals surface area contributed by atoms with Crippen molar-refractivity contribution in [2.24, 2.45) is 5.92 Å². The molecule has 0 aliphatic heterocycles. The van der Waals surface area contributed by atoms with Crippen LogP contribution in [0, 0.1) is 5.92 Å². The molecular weight excluding hydrogens is 218 g/mol. The van der Waals surface area contributed by atoms with E-state index in [2.05, 4.69) is 58.7 Å². The Kier molecular flexibility index (Phi) is 10.0. The molecule has 0 aliphatic rings. The van der Waals surface area contributed by atoms with Gasteiger partial charge in [-0.3, -0.25) is 0 Å². The van der Waals surface area contributed by atoms with Gasteiger partial charge in [0.1, 0.15) is 0 Å². The maximum Gasteiger partial charge on any atom is 0.0162 e. The van der Waals surface area contributed by atoms with Gasteiger partial charge >= 0.3 is 0 Å². The van der Waals surface area contributed by atoms with Gasteiger partial charge in [-0.15, -0.1) is 0 Å². The Hall–Kier alpha value is -0.560. The lowest BCUT2D eigenvalue weighted by molar-refractivity contribution is 0.347. The van der Waals surface area contributed by atoms with Crippen LogP contribution in [0.15, 0.2) is 23.3 Å². The third-order valence-electron chi connectivity index (χ3n) is 3.16. The Morgan fingerprint density at radius 1 is 1.11 bits per heavy atom. The molecule has 106 valence electrons. The average molecular weight is 251 g/mol. The summed E-state index contributed by atoms with van der Waals surface area (Å²) in [6, 6.07) is 0. The first-order chi connectivity index (χ1) is 8.41. The van der Waals surface area contributed by atoms with Crippen LogP contribution in [0.25, 0.3) is 0 Å². The zero-order valence-electron chi connectivity index (χ0n) is 13.4. The van der Waals surface area contributed by atoms with E-state index in [4.69, 9.17) is 0 Å². The van der Waals surface area contributed by atoms with Gasteiger partial charge in [-0.1, -0.05) is 37.1 Å². The Morgan fingerprint density at radius 3 is 2.33 bits per heavy atom. The second-order valence-electron chi connectivity index (χ2n) is 6.17.